The van der Waals surface area contributed by atoms with E-state index < -0.39 is 12.0 Å². The number of hydrogen-bond acceptors (Lipinski definition) is 4. The smallest absolute Gasteiger partial charge is 0.280 e. The summed E-state index contributed by atoms with van der Waals surface area (Å²) in [7, 11) is 0. The number of pyridine rings is 1. The number of anilines is 1. The molecule has 2 aliphatic rings. The van der Waals surface area contributed by atoms with Gasteiger partial charge in [-0.15, -0.1) is 0 Å². The highest BCUT2D eigenvalue weighted by Crippen LogP contribution is 2.38. The van der Waals surface area contributed by atoms with Gasteiger partial charge >= 0.3 is 0 Å². The highest BCUT2D eigenvalue weighted by molar-refractivity contribution is 6.30. The molecule has 0 atom stereocenters. The van der Waals surface area contributed by atoms with Crippen LogP contribution < -0.4 is 4.90 Å². The van der Waals surface area contributed by atoms with Crippen molar-refractivity contribution in [2.24, 2.45) is 0 Å². The van der Waals surface area contributed by atoms with E-state index in [2.05, 4.69) is 4.98 Å². The molecule has 2 fully saturated rings. The Morgan fingerprint density at radius 3 is 2.42 bits per heavy atom. The number of carbonyl (C=O) groups excluding carboxylic acids is 2. The molecule has 0 aliphatic carbocycles. The Bertz CT molecular complexity index is 993. The van der Waals surface area contributed by atoms with Crippen LogP contribution in [0.3, 0.4) is 0 Å². The van der Waals surface area contributed by atoms with E-state index in [0.717, 1.165) is 5.56 Å². The van der Waals surface area contributed by atoms with Gasteiger partial charge in [-0.2, -0.15) is 0 Å². The lowest BCUT2D eigenvalue weighted by Gasteiger charge is -2.59. The minimum atomic E-state index is -2.68. The quantitative estimate of drug-likeness (QED) is 0.702. The maximum Gasteiger partial charge on any atom is 0.280 e. The Kier molecular flexibility index (Phi) is 5.60. The van der Waals surface area contributed by atoms with Crippen LogP contribution in [0.4, 0.5) is 14.5 Å². The number of amides is 2. The van der Waals surface area contributed by atoms with Crippen LogP contribution in [0.15, 0.2) is 42.6 Å². The van der Waals surface area contributed by atoms with Gasteiger partial charge in [0.05, 0.1) is 13.1 Å². The molecule has 0 unspecified atom stereocenters. The van der Waals surface area contributed by atoms with Gasteiger partial charge in [0.2, 0.25) is 5.91 Å². The second-order valence-electron chi connectivity index (χ2n) is 8.26. The summed E-state index contributed by atoms with van der Waals surface area (Å²) in [5, 5.41) is 0.591. The van der Waals surface area contributed by atoms with Crippen molar-refractivity contribution in [1.29, 1.82) is 0 Å². The zero-order valence-electron chi connectivity index (χ0n) is 17.3. The summed E-state index contributed by atoms with van der Waals surface area (Å²) in [6.07, 6.45) is -1.34. The average Bonchev–Trinajstić information content (AvgIpc) is 2.70. The molecule has 2 aliphatic heterocycles. The predicted octanol–water partition coefficient (Wildman–Crippen LogP) is 3.51. The zero-order valence-corrected chi connectivity index (χ0v) is 18.0. The highest BCUT2D eigenvalue weighted by atomic mass is 35.5. The number of piperazine rings is 1. The lowest BCUT2D eigenvalue weighted by atomic mass is 9.82. The van der Waals surface area contributed by atoms with Crippen molar-refractivity contribution in [2.75, 3.05) is 24.5 Å². The second kappa shape index (κ2) is 8.07. The molecule has 0 radical (unpaired) electrons. The molecule has 1 aromatic heterocycles. The van der Waals surface area contributed by atoms with Crippen molar-refractivity contribution in [3.8, 4) is 0 Å². The minimum Gasteiger partial charge on any atom is -0.365 e. The van der Waals surface area contributed by atoms with E-state index in [-0.39, 0.29) is 49.7 Å². The molecule has 2 amide bonds. The lowest BCUT2D eigenvalue weighted by Crippen LogP contribution is -2.81. The second-order valence-corrected chi connectivity index (χ2v) is 8.70. The summed E-state index contributed by atoms with van der Waals surface area (Å²) in [4.78, 5) is 35.3. The molecule has 1 spiro atoms. The Balaban J connectivity index is 1.64. The van der Waals surface area contributed by atoms with Crippen molar-refractivity contribution in [2.45, 2.75) is 38.4 Å². The van der Waals surface area contributed by atoms with Gasteiger partial charge in [0, 0.05) is 29.5 Å². The molecule has 2 saturated heterocycles. The molecule has 0 N–H and O–H groups in total. The van der Waals surface area contributed by atoms with Gasteiger partial charge in [-0.3, -0.25) is 14.6 Å². The Morgan fingerprint density at radius 1 is 1.13 bits per heavy atom. The molecule has 4 rings (SSSR count). The summed E-state index contributed by atoms with van der Waals surface area (Å²) in [5.74, 6) is -0.249. The van der Waals surface area contributed by atoms with Crippen molar-refractivity contribution in [3.05, 3.63) is 58.9 Å². The third kappa shape index (κ3) is 3.84. The first-order chi connectivity index (χ1) is 14.7. The number of hydrogen-bond donors (Lipinski definition) is 0. The van der Waals surface area contributed by atoms with E-state index in [1.807, 2.05) is 30.9 Å². The van der Waals surface area contributed by atoms with Crippen LogP contribution in [-0.4, -0.2) is 57.8 Å². The molecular formula is C22H23ClF2N4O2. The summed E-state index contributed by atoms with van der Waals surface area (Å²) >= 11 is 5.97. The largest absolute Gasteiger partial charge is 0.365 e. The van der Waals surface area contributed by atoms with Gasteiger partial charge in [-0.25, -0.2) is 8.78 Å². The van der Waals surface area contributed by atoms with E-state index in [1.54, 1.807) is 28.0 Å². The molecule has 6 nitrogen and oxygen atoms in total. The number of rotatable bonds is 5. The molecule has 0 saturated carbocycles. The van der Waals surface area contributed by atoms with Gasteiger partial charge in [0.1, 0.15) is 12.2 Å². The highest BCUT2D eigenvalue weighted by Gasteiger charge is 2.59. The predicted molar refractivity (Wildman–Crippen MR) is 113 cm³/mol. The Morgan fingerprint density at radius 2 is 1.81 bits per heavy atom. The minimum absolute atomic E-state index is 0.0244. The fourth-order valence-corrected chi connectivity index (χ4v) is 4.31. The third-order valence-electron chi connectivity index (χ3n) is 5.92. The summed E-state index contributed by atoms with van der Waals surface area (Å²) in [5.41, 5.74) is 0.0777. The summed E-state index contributed by atoms with van der Waals surface area (Å²) < 4.78 is 26.1. The average molecular weight is 449 g/mol. The van der Waals surface area contributed by atoms with Crippen LogP contribution in [0, 0.1) is 0 Å². The van der Waals surface area contributed by atoms with Gasteiger partial charge < -0.3 is 14.7 Å². The zero-order chi connectivity index (χ0) is 22.3. The molecule has 1 aromatic carbocycles. The Hall–Kier alpha value is -2.74. The van der Waals surface area contributed by atoms with E-state index >= 15 is 0 Å². The first-order valence-corrected chi connectivity index (χ1v) is 10.4. The number of aromatic nitrogens is 1. The monoisotopic (exact) mass is 448 g/mol. The van der Waals surface area contributed by atoms with Crippen LogP contribution >= 0.6 is 11.6 Å². The summed E-state index contributed by atoms with van der Waals surface area (Å²) in [6, 6.07) is 10.00. The van der Waals surface area contributed by atoms with Gasteiger partial charge in [-0.1, -0.05) is 23.7 Å². The molecular weight excluding hydrogens is 426 g/mol. The molecule has 0 bridgehead atoms. The topological polar surface area (TPSA) is 56.8 Å². The molecule has 3 heterocycles. The molecule has 9 heteroatoms. The van der Waals surface area contributed by atoms with Crippen molar-refractivity contribution in [1.82, 2.24) is 14.8 Å². The van der Waals surface area contributed by atoms with Gasteiger partial charge in [0.15, 0.2) is 5.54 Å². The maximum atomic E-state index is 13.5. The number of benzene rings is 1. The number of carbonyl (C=O) groups is 2. The molecule has 2 aromatic rings. The van der Waals surface area contributed by atoms with Crippen molar-refractivity contribution >= 4 is 29.1 Å². The summed E-state index contributed by atoms with van der Waals surface area (Å²) in [6.45, 7) is 4.53. The Labute approximate surface area is 184 Å². The third-order valence-corrected chi connectivity index (χ3v) is 6.17. The van der Waals surface area contributed by atoms with Crippen LogP contribution in [0.25, 0.3) is 0 Å². The first-order valence-electron chi connectivity index (χ1n) is 10.1. The standard InChI is InChI=1S/C22H23ClF2N4O2/c1-14(2)28-11-19(30)29(10-15-3-5-16(23)6-4-15)22(21(28)31)12-27(13-22)17-7-8-26-18(9-17)20(24)25/h3-9,14,20H,10-13H2,1-2H3. The van der Waals surface area contributed by atoms with Crippen molar-refractivity contribution in [3.63, 3.8) is 0 Å². The fourth-order valence-electron chi connectivity index (χ4n) is 4.18. The van der Waals surface area contributed by atoms with E-state index in [9.17, 15) is 18.4 Å². The maximum absolute atomic E-state index is 13.5. The van der Waals surface area contributed by atoms with Crippen LogP contribution in [0.2, 0.25) is 5.02 Å². The fraction of sp³-hybridized carbons (Fsp3) is 0.409. The number of nitrogens with zero attached hydrogens (tertiary/aromatic N) is 4. The van der Waals surface area contributed by atoms with Crippen LogP contribution in [-0.2, 0) is 16.1 Å². The van der Waals surface area contributed by atoms with E-state index in [4.69, 9.17) is 11.6 Å². The molecule has 31 heavy (non-hydrogen) atoms. The van der Waals surface area contributed by atoms with Crippen LogP contribution in [0.1, 0.15) is 31.5 Å². The SMILES string of the molecule is CC(C)N1CC(=O)N(Cc2ccc(Cl)cc2)C2(CN(c3ccnc(C(F)F)c3)C2)C1=O. The van der Waals surface area contributed by atoms with Gasteiger partial charge in [0.25, 0.3) is 12.3 Å². The van der Waals surface area contributed by atoms with Gasteiger partial charge in [-0.05, 0) is 43.7 Å². The number of halogens is 3. The van der Waals surface area contributed by atoms with E-state index in [1.165, 1.54) is 12.3 Å². The van der Waals surface area contributed by atoms with E-state index in [0.29, 0.717) is 10.7 Å². The molecule has 164 valence electrons. The lowest BCUT2D eigenvalue weighted by molar-refractivity contribution is -0.170. The normalized spacial score (nSPS) is 18.4. The first kappa shape index (κ1) is 21.5. The number of alkyl halides is 2. The van der Waals surface area contributed by atoms with Crippen LogP contribution in [0.5, 0.6) is 0 Å². The van der Waals surface area contributed by atoms with Crippen molar-refractivity contribution < 1.29 is 18.4 Å².